The molecule has 0 aliphatic rings. The second kappa shape index (κ2) is 10.1. The van der Waals surface area contributed by atoms with E-state index in [4.69, 9.17) is 4.74 Å². The number of ether oxygens (including phenoxy) is 1. The topological polar surface area (TPSA) is 67.4 Å². The molecule has 0 aromatic heterocycles. The molecule has 0 rings (SSSR count). The maximum atomic E-state index is 11.2. The van der Waals surface area contributed by atoms with Crippen LogP contribution in [0.5, 0.6) is 0 Å². The predicted octanol–water partition coefficient (Wildman–Crippen LogP) is -0.893. The summed E-state index contributed by atoms with van der Waals surface area (Å²) in [6.45, 7) is 2.18. The van der Waals surface area contributed by atoms with Gasteiger partial charge in [0.2, 0.25) is 5.91 Å². The van der Waals surface area contributed by atoms with Crippen molar-refractivity contribution in [2.75, 3.05) is 45.4 Å². The summed E-state index contributed by atoms with van der Waals surface area (Å²) in [6.07, 6.45) is 2.47. The number of methoxy groups -OCH3 is 1. The molecule has 1 amide bonds. The Morgan fingerprint density at radius 2 is 2.13 bits per heavy atom. The Bertz CT molecular complexity index is 200. The predicted molar refractivity (Wildman–Crippen MR) is 61.3 cm³/mol. The molecular formula is C9H20N2O3S. The first-order valence-electron chi connectivity index (χ1n) is 4.93. The molecule has 0 saturated heterocycles. The van der Waals surface area contributed by atoms with Crippen LogP contribution in [0.2, 0.25) is 0 Å². The lowest BCUT2D eigenvalue weighted by Crippen LogP contribution is -2.36. The highest BCUT2D eigenvalue weighted by Crippen LogP contribution is 1.77. The van der Waals surface area contributed by atoms with E-state index in [2.05, 4.69) is 10.6 Å². The SMILES string of the molecule is COCCCNC(=O)CNCCS(C)=O. The second-order valence-electron chi connectivity index (χ2n) is 3.15. The van der Waals surface area contributed by atoms with Gasteiger partial charge in [0.1, 0.15) is 0 Å². The van der Waals surface area contributed by atoms with E-state index in [1.54, 1.807) is 13.4 Å². The third kappa shape index (κ3) is 11.5. The highest BCUT2D eigenvalue weighted by molar-refractivity contribution is 7.84. The first-order valence-corrected chi connectivity index (χ1v) is 6.66. The third-order valence-electron chi connectivity index (χ3n) is 1.70. The van der Waals surface area contributed by atoms with E-state index in [0.29, 0.717) is 25.4 Å². The lowest BCUT2D eigenvalue weighted by atomic mass is 10.4. The van der Waals surface area contributed by atoms with Gasteiger partial charge in [0, 0.05) is 49.6 Å². The van der Waals surface area contributed by atoms with Gasteiger partial charge in [0.05, 0.1) is 6.54 Å². The first-order chi connectivity index (χ1) is 7.16. The molecule has 90 valence electrons. The molecule has 1 unspecified atom stereocenters. The molecule has 0 saturated carbocycles. The number of nitrogens with one attached hydrogen (secondary N) is 2. The van der Waals surface area contributed by atoms with Crippen LogP contribution in [0.15, 0.2) is 0 Å². The second-order valence-corrected chi connectivity index (χ2v) is 4.71. The van der Waals surface area contributed by atoms with Crippen molar-refractivity contribution >= 4 is 16.7 Å². The van der Waals surface area contributed by atoms with Crippen LogP contribution in [0.25, 0.3) is 0 Å². The smallest absolute Gasteiger partial charge is 0.233 e. The van der Waals surface area contributed by atoms with Crippen molar-refractivity contribution in [2.24, 2.45) is 0 Å². The molecule has 15 heavy (non-hydrogen) atoms. The van der Waals surface area contributed by atoms with Gasteiger partial charge in [-0.2, -0.15) is 0 Å². The highest BCUT2D eigenvalue weighted by Gasteiger charge is 1.99. The van der Waals surface area contributed by atoms with Gasteiger partial charge in [-0.05, 0) is 6.42 Å². The zero-order chi connectivity index (χ0) is 11.5. The fraction of sp³-hybridized carbons (Fsp3) is 0.889. The molecule has 0 spiro atoms. The fourth-order valence-corrected chi connectivity index (χ4v) is 1.36. The lowest BCUT2D eigenvalue weighted by Gasteiger charge is -2.05. The van der Waals surface area contributed by atoms with Crippen LogP contribution < -0.4 is 10.6 Å². The van der Waals surface area contributed by atoms with Crippen molar-refractivity contribution < 1.29 is 13.7 Å². The van der Waals surface area contributed by atoms with Crippen LogP contribution in [-0.4, -0.2) is 55.5 Å². The Kier molecular flexibility index (Phi) is 9.76. The van der Waals surface area contributed by atoms with E-state index in [0.717, 1.165) is 6.42 Å². The summed E-state index contributed by atoms with van der Waals surface area (Å²) in [5.74, 6) is 0.546. The van der Waals surface area contributed by atoms with Gasteiger partial charge in [0.25, 0.3) is 0 Å². The van der Waals surface area contributed by atoms with Gasteiger partial charge in [-0.3, -0.25) is 9.00 Å². The first kappa shape index (κ1) is 14.5. The van der Waals surface area contributed by atoms with Gasteiger partial charge in [-0.25, -0.2) is 0 Å². The van der Waals surface area contributed by atoms with Crippen molar-refractivity contribution in [3.63, 3.8) is 0 Å². The number of amides is 1. The fourth-order valence-electron chi connectivity index (χ4n) is 0.925. The Labute approximate surface area is 93.4 Å². The number of carbonyl (C=O) groups excluding carboxylic acids is 1. The van der Waals surface area contributed by atoms with Crippen LogP contribution in [0.1, 0.15) is 6.42 Å². The number of rotatable bonds is 9. The molecule has 0 aromatic rings. The molecule has 0 bridgehead atoms. The van der Waals surface area contributed by atoms with E-state index in [1.807, 2.05) is 0 Å². The molecule has 2 N–H and O–H groups in total. The monoisotopic (exact) mass is 236 g/mol. The van der Waals surface area contributed by atoms with Gasteiger partial charge >= 0.3 is 0 Å². The minimum Gasteiger partial charge on any atom is -0.385 e. The summed E-state index contributed by atoms with van der Waals surface area (Å²) in [7, 11) is 0.834. The van der Waals surface area contributed by atoms with Gasteiger partial charge < -0.3 is 15.4 Å². The molecular weight excluding hydrogens is 216 g/mol. The molecule has 6 heteroatoms. The summed E-state index contributed by atoms with van der Waals surface area (Å²) in [5.41, 5.74) is 0. The summed E-state index contributed by atoms with van der Waals surface area (Å²) < 4.78 is 15.5. The summed E-state index contributed by atoms with van der Waals surface area (Å²) in [6, 6.07) is 0. The third-order valence-corrected chi connectivity index (χ3v) is 2.48. The molecule has 1 atom stereocenters. The quantitative estimate of drug-likeness (QED) is 0.510. The van der Waals surface area contributed by atoms with Gasteiger partial charge in [-0.15, -0.1) is 0 Å². The Hall–Kier alpha value is -0.460. The molecule has 0 aromatic carbocycles. The van der Waals surface area contributed by atoms with Crippen LogP contribution in [-0.2, 0) is 20.3 Å². The summed E-state index contributed by atoms with van der Waals surface area (Å²) in [5, 5.41) is 5.67. The van der Waals surface area contributed by atoms with Crippen molar-refractivity contribution in [3.05, 3.63) is 0 Å². The Morgan fingerprint density at radius 1 is 1.40 bits per heavy atom. The molecule has 0 aliphatic heterocycles. The lowest BCUT2D eigenvalue weighted by molar-refractivity contribution is -0.120. The van der Waals surface area contributed by atoms with Crippen LogP contribution in [0.4, 0.5) is 0 Å². The average Bonchev–Trinajstić information content (AvgIpc) is 2.19. The van der Waals surface area contributed by atoms with Crippen molar-refractivity contribution in [3.8, 4) is 0 Å². The number of hydrogen-bond acceptors (Lipinski definition) is 4. The van der Waals surface area contributed by atoms with E-state index >= 15 is 0 Å². The minimum absolute atomic E-state index is 0.0343. The molecule has 0 fully saturated rings. The Morgan fingerprint density at radius 3 is 2.73 bits per heavy atom. The molecule has 0 heterocycles. The molecule has 0 aliphatic carbocycles. The highest BCUT2D eigenvalue weighted by atomic mass is 32.2. The normalized spacial score (nSPS) is 12.4. The van der Waals surface area contributed by atoms with Crippen LogP contribution >= 0.6 is 0 Å². The van der Waals surface area contributed by atoms with Crippen molar-refractivity contribution in [1.29, 1.82) is 0 Å². The largest absolute Gasteiger partial charge is 0.385 e. The van der Waals surface area contributed by atoms with Crippen LogP contribution in [0.3, 0.4) is 0 Å². The van der Waals surface area contributed by atoms with Gasteiger partial charge in [-0.1, -0.05) is 0 Å². The zero-order valence-corrected chi connectivity index (χ0v) is 10.2. The van der Waals surface area contributed by atoms with E-state index in [9.17, 15) is 9.00 Å². The van der Waals surface area contributed by atoms with Gasteiger partial charge in [0.15, 0.2) is 0 Å². The summed E-state index contributed by atoms with van der Waals surface area (Å²) in [4.78, 5) is 11.2. The van der Waals surface area contributed by atoms with Crippen LogP contribution in [0, 0.1) is 0 Å². The average molecular weight is 236 g/mol. The molecule has 0 radical (unpaired) electrons. The molecule has 5 nitrogen and oxygen atoms in total. The van der Waals surface area contributed by atoms with E-state index < -0.39 is 10.8 Å². The maximum absolute atomic E-state index is 11.2. The maximum Gasteiger partial charge on any atom is 0.233 e. The number of carbonyl (C=O) groups is 1. The van der Waals surface area contributed by atoms with E-state index in [-0.39, 0.29) is 12.5 Å². The van der Waals surface area contributed by atoms with E-state index in [1.165, 1.54) is 0 Å². The standard InChI is InChI=1S/C9H20N2O3S/c1-14-6-3-4-11-9(12)8-10-5-7-15(2)13/h10H,3-8H2,1-2H3,(H,11,12). The van der Waals surface area contributed by atoms with Crippen molar-refractivity contribution in [1.82, 2.24) is 10.6 Å². The van der Waals surface area contributed by atoms with Crippen molar-refractivity contribution in [2.45, 2.75) is 6.42 Å². The minimum atomic E-state index is -0.799. The Balaban J connectivity index is 3.22. The number of hydrogen-bond donors (Lipinski definition) is 2. The summed E-state index contributed by atoms with van der Waals surface area (Å²) >= 11 is 0. The zero-order valence-electron chi connectivity index (χ0n) is 9.38.